The number of likely N-dealkylation sites (tertiary alicyclic amines) is 1. The van der Waals surface area contributed by atoms with Gasteiger partial charge in [0.05, 0.1) is 0 Å². The molecule has 18 heavy (non-hydrogen) atoms. The maximum atomic E-state index is 11.6. The van der Waals surface area contributed by atoms with Crippen molar-refractivity contribution < 1.29 is 14.7 Å². The Balaban J connectivity index is 2.17. The smallest absolute Gasteiger partial charge is 0.232 e. The average molecular weight is 274 g/mol. The van der Waals surface area contributed by atoms with Crippen LogP contribution >= 0.6 is 11.8 Å². The minimum Gasteiger partial charge on any atom is -0.379 e. The molecule has 0 aliphatic carbocycles. The highest BCUT2D eigenvalue weighted by molar-refractivity contribution is 7.98. The number of rotatable bonds is 8. The lowest BCUT2D eigenvalue weighted by Gasteiger charge is -2.17. The summed E-state index contributed by atoms with van der Waals surface area (Å²) in [4.78, 5) is 24.4. The van der Waals surface area contributed by atoms with Crippen molar-refractivity contribution in [3.8, 4) is 0 Å². The Morgan fingerprint density at radius 3 is 2.83 bits per heavy atom. The Labute approximate surface area is 112 Å². The number of hydrogen-bond acceptors (Lipinski definition) is 5. The molecule has 1 aliphatic rings. The second kappa shape index (κ2) is 7.76. The zero-order chi connectivity index (χ0) is 13.5. The predicted molar refractivity (Wildman–Crippen MR) is 72.1 cm³/mol. The van der Waals surface area contributed by atoms with Gasteiger partial charge in [-0.05, 0) is 24.9 Å². The van der Waals surface area contributed by atoms with E-state index < -0.39 is 6.23 Å². The van der Waals surface area contributed by atoms with Crippen LogP contribution < -0.4 is 5.32 Å². The highest BCUT2D eigenvalue weighted by atomic mass is 32.2. The van der Waals surface area contributed by atoms with E-state index in [2.05, 4.69) is 5.32 Å². The van der Waals surface area contributed by atoms with Crippen molar-refractivity contribution in [1.82, 2.24) is 10.2 Å². The second-order valence-electron chi connectivity index (χ2n) is 4.59. The highest BCUT2D eigenvalue weighted by Gasteiger charge is 2.34. The van der Waals surface area contributed by atoms with Crippen LogP contribution in [0.25, 0.3) is 0 Å². The molecule has 1 saturated heterocycles. The number of thioether (sulfide) groups is 1. The Hall–Kier alpha value is -0.590. The van der Waals surface area contributed by atoms with Gasteiger partial charge in [-0.25, -0.2) is 0 Å². The number of aliphatic hydroxyl groups excluding tert-OH is 1. The molecular weight excluding hydrogens is 252 g/mol. The lowest BCUT2D eigenvalue weighted by Crippen LogP contribution is -2.39. The first-order valence-electron chi connectivity index (χ1n) is 6.31. The summed E-state index contributed by atoms with van der Waals surface area (Å²) in [5.74, 6) is 0.633. The average Bonchev–Trinajstić information content (AvgIpc) is 2.56. The standard InChI is InChI=1S/C12H22N2O3S/c1-9-8-11(16)14(12(9)17)6-5-13-10(15)4-3-7-18-2/h9-10,13,15H,3-8H2,1-2H3. The van der Waals surface area contributed by atoms with Gasteiger partial charge in [0.15, 0.2) is 0 Å². The Kier molecular flexibility index (Phi) is 6.67. The summed E-state index contributed by atoms with van der Waals surface area (Å²) >= 11 is 1.75. The second-order valence-corrected chi connectivity index (χ2v) is 5.58. The van der Waals surface area contributed by atoms with Crippen molar-refractivity contribution in [3.05, 3.63) is 0 Å². The third-order valence-corrected chi connectivity index (χ3v) is 3.71. The third-order valence-electron chi connectivity index (χ3n) is 3.01. The van der Waals surface area contributed by atoms with Crippen molar-refractivity contribution in [3.63, 3.8) is 0 Å². The van der Waals surface area contributed by atoms with Crippen LogP contribution in [0.4, 0.5) is 0 Å². The van der Waals surface area contributed by atoms with Crippen molar-refractivity contribution >= 4 is 23.6 Å². The van der Waals surface area contributed by atoms with Crippen molar-refractivity contribution in [2.75, 3.05) is 25.1 Å². The molecule has 2 atom stereocenters. The SMILES string of the molecule is CSCCCC(O)NCCN1C(=O)CC(C)C1=O. The van der Waals surface area contributed by atoms with E-state index in [1.54, 1.807) is 18.7 Å². The number of hydrogen-bond donors (Lipinski definition) is 2. The molecule has 2 N–H and O–H groups in total. The number of carbonyl (C=O) groups is 2. The predicted octanol–water partition coefficient (Wildman–Crippen LogP) is 0.433. The Morgan fingerprint density at radius 2 is 2.28 bits per heavy atom. The molecular formula is C12H22N2O3S. The minimum atomic E-state index is -0.553. The molecule has 6 heteroatoms. The molecule has 0 saturated carbocycles. The first-order chi connectivity index (χ1) is 8.56. The monoisotopic (exact) mass is 274 g/mol. The van der Waals surface area contributed by atoms with Crippen LogP contribution in [0.2, 0.25) is 0 Å². The van der Waals surface area contributed by atoms with Crippen molar-refractivity contribution in [2.24, 2.45) is 5.92 Å². The minimum absolute atomic E-state index is 0.0985. The quantitative estimate of drug-likeness (QED) is 0.382. The van der Waals surface area contributed by atoms with Crippen LogP contribution in [-0.4, -0.2) is 53.1 Å². The zero-order valence-electron chi connectivity index (χ0n) is 11.0. The molecule has 1 heterocycles. The molecule has 0 radical (unpaired) electrons. The van der Waals surface area contributed by atoms with Crippen LogP contribution in [0.15, 0.2) is 0 Å². The number of amides is 2. The molecule has 2 amide bonds. The molecule has 0 aromatic rings. The summed E-state index contributed by atoms with van der Waals surface area (Å²) in [7, 11) is 0. The highest BCUT2D eigenvalue weighted by Crippen LogP contribution is 2.17. The van der Waals surface area contributed by atoms with E-state index in [0.29, 0.717) is 25.9 Å². The fraction of sp³-hybridized carbons (Fsp3) is 0.833. The van der Waals surface area contributed by atoms with E-state index >= 15 is 0 Å². The van der Waals surface area contributed by atoms with E-state index in [0.717, 1.165) is 12.2 Å². The van der Waals surface area contributed by atoms with Gasteiger partial charge in [-0.2, -0.15) is 11.8 Å². The largest absolute Gasteiger partial charge is 0.379 e. The summed E-state index contributed by atoms with van der Waals surface area (Å²) in [6, 6.07) is 0. The van der Waals surface area contributed by atoms with E-state index in [1.165, 1.54) is 4.90 Å². The Morgan fingerprint density at radius 1 is 1.56 bits per heavy atom. The molecule has 0 aromatic heterocycles. The van der Waals surface area contributed by atoms with E-state index in [-0.39, 0.29) is 17.7 Å². The van der Waals surface area contributed by atoms with Crippen LogP contribution in [0, 0.1) is 5.92 Å². The summed E-state index contributed by atoms with van der Waals surface area (Å²) in [5.41, 5.74) is 0. The first-order valence-corrected chi connectivity index (χ1v) is 7.70. The number of carbonyl (C=O) groups excluding carboxylic acids is 2. The Bertz CT molecular complexity index is 299. The summed E-state index contributed by atoms with van der Waals surface area (Å²) in [6.45, 7) is 2.57. The van der Waals surface area contributed by atoms with Crippen LogP contribution in [0.1, 0.15) is 26.2 Å². The van der Waals surface area contributed by atoms with Crippen LogP contribution in [0.5, 0.6) is 0 Å². The third kappa shape index (κ3) is 4.59. The van der Waals surface area contributed by atoms with Gasteiger partial charge in [0, 0.05) is 25.4 Å². The number of nitrogens with one attached hydrogen (secondary N) is 1. The van der Waals surface area contributed by atoms with Crippen LogP contribution in [0.3, 0.4) is 0 Å². The molecule has 2 unspecified atom stereocenters. The lowest BCUT2D eigenvalue weighted by molar-refractivity contribution is -0.139. The normalized spacial score (nSPS) is 21.7. The van der Waals surface area contributed by atoms with Gasteiger partial charge < -0.3 is 5.11 Å². The summed E-state index contributed by atoms with van der Waals surface area (Å²) in [5, 5.41) is 12.5. The molecule has 0 aromatic carbocycles. The number of nitrogens with zero attached hydrogens (tertiary/aromatic N) is 1. The fourth-order valence-electron chi connectivity index (χ4n) is 1.95. The van der Waals surface area contributed by atoms with E-state index in [4.69, 9.17) is 0 Å². The molecule has 0 spiro atoms. The summed E-state index contributed by atoms with van der Waals surface area (Å²) < 4.78 is 0. The van der Waals surface area contributed by atoms with Crippen LogP contribution in [-0.2, 0) is 9.59 Å². The van der Waals surface area contributed by atoms with E-state index in [1.807, 2.05) is 6.26 Å². The molecule has 0 bridgehead atoms. The lowest BCUT2D eigenvalue weighted by atomic mass is 10.1. The topological polar surface area (TPSA) is 69.6 Å². The molecule has 1 rings (SSSR count). The van der Waals surface area contributed by atoms with Gasteiger partial charge in [0.25, 0.3) is 0 Å². The maximum Gasteiger partial charge on any atom is 0.232 e. The van der Waals surface area contributed by atoms with Crippen molar-refractivity contribution in [2.45, 2.75) is 32.4 Å². The molecule has 104 valence electrons. The molecule has 5 nitrogen and oxygen atoms in total. The molecule has 1 aliphatic heterocycles. The fourth-order valence-corrected chi connectivity index (χ4v) is 2.40. The van der Waals surface area contributed by atoms with Gasteiger partial charge in [-0.15, -0.1) is 0 Å². The van der Waals surface area contributed by atoms with E-state index in [9.17, 15) is 14.7 Å². The zero-order valence-corrected chi connectivity index (χ0v) is 11.8. The summed E-state index contributed by atoms with van der Waals surface area (Å²) in [6.07, 6.45) is 3.44. The van der Waals surface area contributed by atoms with Gasteiger partial charge in [0.2, 0.25) is 11.8 Å². The van der Waals surface area contributed by atoms with Gasteiger partial charge in [-0.1, -0.05) is 6.92 Å². The maximum absolute atomic E-state index is 11.6. The first kappa shape index (κ1) is 15.5. The van der Waals surface area contributed by atoms with Gasteiger partial charge in [-0.3, -0.25) is 19.8 Å². The number of aliphatic hydroxyl groups is 1. The van der Waals surface area contributed by atoms with Gasteiger partial charge in [0.1, 0.15) is 6.23 Å². The number of imide groups is 1. The molecule has 1 fully saturated rings. The van der Waals surface area contributed by atoms with Crippen molar-refractivity contribution in [1.29, 1.82) is 0 Å². The van der Waals surface area contributed by atoms with Gasteiger partial charge >= 0.3 is 0 Å².